The number of amides is 1. The predicted octanol–water partition coefficient (Wildman–Crippen LogP) is 3.27. The Morgan fingerprint density at radius 2 is 2.15 bits per heavy atom. The van der Waals surface area contributed by atoms with Gasteiger partial charge in [-0.05, 0) is 48.6 Å². The minimum Gasteiger partial charge on any atom is -0.310 e. The number of pyridine rings is 1. The van der Waals surface area contributed by atoms with Crippen LogP contribution in [0.1, 0.15) is 23.5 Å². The summed E-state index contributed by atoms with van der Waals surface area (Å²) >= 11 is 0. The van der Waals surface area contributed by atoms with Crippen LogP contribution in [0.15, 0.2) is 42.6 Å². The molecule has 2 aromatic rings. The van der Waals surface area contributed by atoms with Crippen LogP contribution in [0.3, 0.4) is 0 Å². The Morgan fingerprint density at radius 3 is 2.90 bits per heavy atom. The van der Waals surface area contributed by atoms with Gasteiger partial charge in [-0.25, -0.2) is 9.37 Å². The van der Waals surface area contributed by atoms with E-state index in [2.05, 4.69) is 10.3 Å². The van der Waals surface area contributed by atoms with E-state index in [0.717, 1.165) is 5.56 Å². The molecule has 1 aliphatic rings. The fourth-order valence-electron chi connectivity index (χ4n) is 2.43. The molecule has 20 heavy (non-hydrogen) atoms. The van der Waals surface area contributed by atoms with Gasteiger partial charge in [0.05, 0.1) is 0 Å². The summed E-state index contributed by atoms with van der Waals surface area (Å²) in [5.41, 5.74) is 1.67. The number of aryl methyl sites for hydroxylation is 1. The number of hydrogen-bond donors (Lipinski definition) is 1. The molecule has 2 atom stereocenters. The molecule has 4 heteroatoms. The molecule has 1 amide bonds. The highest BCUT2D eigenvalue weighted by Gasteiger charge is 2.45. The summed E-state index contributed by atoms with van der Waals surface area (Å²) in [6.07, 6.45) is 2.35. The van der Waals surface area contributed by atoms with Crippen LogP contribution in [0.25, 0.3) is 0 Å². The van der Waals surface area contributed by atoms with Crippen LogP contribution >= 0.6 is 0 Å². The van der Waals surface area contributed by atoms with E-state index in [1.54, 1.807) is 24.4 Å². The summed E-state index contributed by atoms with van der Waals surface area (Å²) in [6.45, 7) is 1.94. The standard InChI is InChI=1S/C16H15FN2O/c1-10-6-7-18-15(8-10)19-16(20)13-9-12(13)11-4-2-3-5-14(11)17/h2-8,12-13H,9H2,1H3,(H,18,19,20)/t12-,13+/m1/s1. The van der Waals surface area contributed by atoms with E-state index >= 15 is 0 Å². The van der Waals surface area contributed by atoms with Gasteiger partial charge in [0.25, 0.3) is 0 Å². The Morgan fingerprint density at radius 1 is 1.35 bits per heavy atom. The van der Waals surface area contributed by atoms with Gasteiger partial charge in [0.15, 0.2) is 0 Å². The molecule has 1 N–H and O–H groups in total. The first kappa shape index (κ1) is 12.8. The number of nitrogens with one attached hydrogen (secondary N) is 1. The van der Waals surface area contributed by atoms with Gasteiger partial charge in [0, 0.05) is 12.1 Å². The molecular formula is C16H15FN2O. The lowest BCUT2D eigenvalue weighted by Gasteiger charge is -2.05. The molecule has 3 rings (SSSR count). The number of carbonyl (C=O) groups excluding carboxylic acids is 1. The van der Waals surface area contributed by atoms with E-state index in [0.29, 0.717) is 17.8 Å². The lowest BCUT2D eigenvalue weighted by atomic mass is 10.1. The summed E-state index contributed by atoms with van der Waals surface area (Å²) in [5, 5.41) is 2.79. The normalized spacial score (nSPS) is 20.5. The van der Waals surface area contributed by atoms with Gasteiger partial charge in [-0.3, -0.25) is 4.79 Å². The fraction of sp³-hybridized carbons (Fsp3) is 0.250. The quantitative estimate of drug-likeness (QED) is 0.930. The van der Waals surface area contributed by atoms with E-state index in [1.165, 1.54) is 6.07 Å². The SMILES string of the molecule is Cc1ccnc(NC(=O)[C@H]2C[C@@H]2c2ccccc2F)c1. The summed E-state index contributed by atoms with van der Waals surface area (Å²) in [6, 6.07) is 10.3. The third-order valence-electron chi connectivity index (χ3n) is 3.60. The Bertz CT molecular complexity index is 656. The number of aromatic nitrogens is 1. The van der Waals surface area contributed by atoms with Crippen molar-refractivity contribution < 1.29 is 9.18 Å². The second kappa shape index (κ2) is 5.04. The van der Waals surface area contributed by atoms with Crippen LogP contribution in [-0.2, 0) is 4.79 Å². The molecular weight excluding hydrogens is 255 g/mol. The molecule has 3 nitrogen and oxygen atoms in total. The third-order valence-corrected chi connectivity index (χ3v) is 3.60. The van der Waals surface area contributed by atoms with Crippen molar-refractivity contribution in [3.05, 3.63) is 59.5 Å². The summed E-state index contributed by atoms with van der Waals surface area (Å²) < 4.78 is 13.7. The summed E-state index contributed by atoms with van der Waals surface area (Å²) in [4.78, 5) is 16.2. The number of benzene rings is 1. The zero-order valence-corrected chi connectivity index (χ0v) is 11.1. The van der Waals surface area contributed by atoms with E-state index in [1.807, 2.05) is 19.1 Å². The van der Waals surface area contributed by atoms with Crippen molar-refractivity contribution in [2.45, 2.75) is 19.3 Å². The van der Waals surface area contributed by atoms with Crippen LogP contribution in [0, 0.1) is 18.7 Å². The second-order valence-corrected chi connectivity index (χ2v) is 5.18. The monoisotopic (exact) mass is 270 g/mol. The maximum absolute atomic E-state index is 13.7. The summed E-state index contributed by atoms with van der Waals surface area (Å²) in [7, 11) is 0. The smallest absolute Gasteiger partial charge is 0.229 e. The first-order valence-corrected chi connectivity index (χ1v) is 6.63. The Kier molecular flexibility index (Phi) is 3.22. The van der Waals surface area contributed by atoms with Crippen LogP contribution in [-0.4, -0.2) is 10.9 Å². The first-order chi connectivity index (χ1) is 9.65. The molecule has 0 bridgehead atoms. The topological polar surface area (TPSA) is 42.0 Å². The Balaban J connectivity index is 1.68. The van der Waals surface area contributed by atoms with Gasteiger partial charge in [-0.1, -0.05) is 18.2 Å². The molecule has 1 aromatic heterocycles. The van der Waals surface area contributed by atoms with Crippen molar-refractivity contribution in [3.63, 3.8) is 0 Å². The molecule has 1 aliphatic carbocycles. The fourth-order valence-corrected chi connectivity index (χ4v) is 2.43. The number of rotatable bonds is 3. The number of nitrogens with zero attached hydrogens (tertiary/aromatic N) is 1. The molecule has 1 heterocycles. The molecule has 0 radical (unpaired) electrons. The molecule has 0 aliphatic heterocycles. The minimum atomic E-state index is -0.235. The molecule has 0 saturated heterocycles. The van der Waals surface area contributed by atoms with Crippen molar-refractivity contribution in [1.29, 1.82) is 0 Å². The zero-order chi connectivity index (χ0) is 14.1. The van der Waals surface area contributed by atoms with Crippen molar-refractivity contribution in [1.82, 2.24) is 4.98 Å². The third kappa shape index (κ3) is 2.54. The van der Waals surface area contributed by atoms with Gasteiger partial charge in [0.1, 0.15) is 11.6 Å². The van der Waals surface area contributed by atoms with Crippen LogP contribution in [0.4, 0.5) is 10.2 Å². The van der Waals surface area contributed by atoms with E-state index in [9.17, 15) is 9.18 Å². The molecule has 1 fully saturated rings. The van der Waals surface area contributed by atoms with Crippen molar-refractivity contribution in [3.8, 4) is 0 Å². The van der Waals surface area contributed by atoms with Gasteiger partial charge < -0.3 is 5.32 Å². The van der Waals surface area contributed by atoms with Gasteiger partial charge in [0.2, 0.25) is 5.91 Å². The lowest BCUT2D eigenvalue weighted by Crippen LogP contribution is -2.15. The van der Waals surface area contributed by atoms with Crippen molar-refractivity contribution in [2.24, 2.45) is 5.92 Å². The Hall–Kier alpha value is -2.23. The van der Waals surface area contributed by atoms with Crippen molar-refractivity contribution in [2.75, 3.05) is 5.32 Å². The van der Waals surface area contributed by atoms with Gasteiger partial charge >= 0.3 is 0 Å². The van der Waals surface area contributed by atoms with Gasteiger partial charge in [-0.2, -0.15) is 0 Å². The highest BCUT2D eigenvalue weighted by atomic mass is 19.1. The largest absolute Gasteiger partial charge is 0.310 e. The van der Waals surface area contributed by atoms with Crippen molar-refractivity contribution >= 4 is 11.7 Å². The molecule has 1 aromatic carbocycles. The van der Waals surface area contributed by atoms with Gasteiger partial charge in [-0.15, -0.1) is 0 Å². The maximum atomic E-state index is 13.7. The van der Waals surface area contributed by atoms with Crippen LogP contribution in [0.2, 0.25) is 0 Å². The Labute approximate surface area is 116 Å². The predicted molar refractivity (Wildman–Crippen MR) is 74.9 cm³/mol. The molecule has 0 spiro atoms. The maximum Gasteiger partial charge on any atom is 0.229 e. The van der Waals surface area contributed by atoms with Crippen LogP contribution < -0.4 is 5.32 Å². The number of hydrogen-bond acceptors (Lipinski definition) is 2. The highest BCUT2D eigenvalue weighted by molar-refractivity contribution is 5.94. The summed E-state index contributed by atoms with van der Waals surface area (Å²) in [5.74, 6) is 0.0576. The highest BCUT2D eigenvalue weighted by Crippen LogP contribution is 2.48. The second-order valence-electron chi connectivity index (χ2n) is 5.18. The molecule has 1 saturated carbocycles. The number of halogens is 1. The average molecular weight is 270 g/mol. The molecule has 102 valence electrons. The van der Waals surface area contributed by atoms with E-state index in [-0.39, 0.29) is 23.6 Å². The minimum absolute atomic E-state index is 0.0130. The van der Waals surface area contributed by atoms with Crippen LogP contribution in [0.5, 0.6) is 0 Å². The van der Waals surface area contributed by atoms with E-state index in [4.69, 9.17) is 0 Å². The lowest BCUT2D eigenvalue weighted by molar-refractivity contribution is -0.117. The first-order valence-electron chi connectivity index (χ1n) is 6.63. The van der Waals surface area contributed by atoms with E-state index < -0.39 is 0 Å². The average Bonchev–Trinajstić information content (AvgIpc) is 3.19. The number of carbonyl (C=O) groups is 1. The zero-order valence-electron chi connectivity index (χ0n) is 11.1. The molecule has 0 unspecified atom stereocenters. The number of anilines is 1.